The Morgan fingerprint density at radius 3 is 2.45 bits per heavy atom. The van der Waals surface area contributed by atoms with Crippen molar-refractivity contribution in [3.63, 3.8) is 0 Å². The second-order valence-corrected chi connectivity index (χ2v) is 8.88. The van der Waals surface area contributed by atoms with E-state index in [4.69, 9.17) is 0 Å². The third kappa shape index (κ3) is 4.72. The maximum atomic E-state index is 12.6. The SMILES string of the molecule is CCCS(=O)(=O)N1CCCc2cc(NC(=O)c3ccc(C(F)(F)F)cc3)ccc21. The third-order valence-corrected chi connectivity index (χ3v) is 6.66. The molecule has 156 valence electrons. The number of anilines is 2. The molecule has 9 heteroatoms. The molecule has 2 aromatic rings. The summed E-state index contributed by atoms with van der Waals surface area (Å²) in [5.74, 6) is -0.469. The summed E-state index contributed by atoms with van der Waals surface area (Å²) in [5.41, 5.74) is 1.15. The standard InChI is InChI=1S/C20H21F3N2O3S/c1-2-12-29(27,28)25-11-3-4-15-13-17(9-10-18(15)25)24-19(26)14-5-7-16(8-6-14)20(21,22)23/h5-10,13H,2-4,11-12H2,1H3,(H,24,26). The molecule has 0 aliphatic carbocycles. The predicted molar refractivity (Wildman–Crippen MR) is 106 cm³/mol. The minimum absolute atomic E-state index is 0.0683. The average Bonchev–Trinajstić information content (AvgIpc) is 2.66. The van der Waals surface area contributed by atoms with Crippen molar-refractivity contribution in [2.75, 3.05) is 21.9 Å². The van der Waals surface area contributed by atoms with Gasteiger partial charge in [0.15, 0.2) is 0 Å². The van der Waals surface area contributed by atoms with Crippen LogP contribution < -0.4 is 9.62 Å². The summed E-state index contributed by atoms with van der Waals surface area (Å²) in [7, 11) is -3.39. The van der Waals surface area contributed by atoms with Crippen molar-refractivity contribution in [3.05, 3.63) is 59.2 Å². The first-order chi connectivity index (χ1) is 13.6. The largest absolute Gasteiger partial charge is 0.416 e. The summed E-state index contributed by atoms with van der Waals surface area (Å²) in [6, 6.07) is 8.93. The monoisotopic (exact) mass is 426 g/mol. The lowest BCUT2D eigenvalue weighted by Crippen LogP contribution is -2.37. The molecule has 2 aromatic carbocycles. The Morgan fingerprint density at radius 2 is 1.83 bits per heavy atom. The van der Waals surface area contributed by atoms with Gasteiger partial charge in [-0.2, -0.15) is 13.2 Å². The summed E-state index contributed by atoms with van der Waals surface area (Å²) >= 11 is 0. The van der Waals surface area contributed by atoms with Crippen LogP contribution in [0.1, 0.15) is 41.3 Å². The Balaban J connectivity index is 1.79. The van der Waals surface area contributed by atoms with Crippen LogP contribution in [0.5, 0.6) is 0 Å². The van der Waals surface area contributed by atoms with Crippen molar-refractivity contribution in [1.29, 1.82) is 0 Å². The number of nitrogens with one attached hydrogen (secondary N) is 1. The number of hydrogen-bond acceptors (Lipinski definition) is 3. The molecule has 29 heavy (non-hydrogen) atoms. The molecule has 0 saturated heterocycles. The highest BCUT2D eigenvalue weighted by Gasteiger charge is 2.30. The molecule has 1 heterocycles. The zero-order valence-electron chi connectivity index (χ0n) is 15.8. The number of alkyl halides is 3. The van der Waals surface area contributed by atoms with Crippen molar-refractivity contribution in [1.82, 2.24) is 0 Å². The lowest BCUT2D eigenvalue weighted by atomic mass is 10.0. The molecule has 0 atom stereocenters. The summed E-state index contributed by atoms with van der Waals surface area (Å²) in [4.78, 5) is 12.4. The van der Waals surface area contributed by atoms with E-state index in [-0.39, 0.29) is 11.3 Å². The predicted octanol–water partition coefficient (Wildman–Crippen LogP) is 4.45. The van der Waals surface area contributed by atoms with E-state index in [1.54, 1.807) is 18.2 Å². The quantitative estimate of drug-likeness (QED) is 0.768. The third-order valence-electron chi connectivity index (χ3n) is 4.69. The van der Waals surface area contributed by atoms with Gasteiger partial charge in [-0.3, -0.25) is 9.10 Å². The van der Waals surface area contributed by atoms with Gasteiger partial charge in [0.2, 0.25) is 10.0 Å². The van der Waals surface area contributed by atoms with E-state index in [0.29, 0.717) is 37.2 Å². The first-order valence-corrected chi connectivity index (χ1v) is 10.8. The zero-order valence-corrected chi connectivity index (χ0v) is 16.6. The van der Waals surface area contributed by atoms with Crippen LogP contribution in [-0.4, -0.2) is 26.6 Å². The van der Waals surface area contributed by atoms with Crippen LogP contribution in [0.25, 0.3) is 0 Å². The topological polar surface area (TPSA) is 66.5 Å². The van der Waals surface area contributed by atoms with Gasteiger partial charge >= 0.3 is 6.18 Å². The summed E-state index contributed by atoms with van der Waals surface area (Å²) in [5, 5.41) is 2.66. The maximum Gasteiger partial charge on any atom is 0.416 e. The molecule has 0 spiro atoms. The van der Waals surface area contributed by atoms with Crippen LogP contribution in [0.2, 0.25) is 0 Å². The van der Waals surface area contributed by atoms with Gasteiger partial charge in [0.05, 0.1) is 17.0 Å². The second-order valence-electron chi connectivity index (χ2n) is 6.86. The van der Waals surface area contributed by atoms with Gasteiger partial charge in [0.1, 0.15) is 0 Å². The molecule has 3 rings (SSSR count). The molecule has 0 bridgehead atoms. The molecule has 1 N–H and O–H groups in total. The number of nitrogens with zero attached hydrogens (tertiary/aromatic N) is 1. The highest BCUT2D eigenvalue weighted by molar-refractivity contribution is 7.92. The Hall–Kier alpha value is -2.55. The van der Waals surface area contributed by atoms with Gasteiger partial charge < -0.3 is 5.32 Å². The number of benzene rings is 2. The molecule has 1 amide bonds. The second kappa shape index (κ2) is 8.06. The Kier molecular flexibility index (Phi) is 5.88. The molecular weight excluding hydrogens is 405 g/mol. The fraction of sp³-hybridized carbons (Fsp3) is 0.350. The normalized spacial score (nSPS) is 14.4. The molecule has 5 nitrogen and oxygen atoms in total. The van der Waals surface area contributed by atoms with Gasteiger partial charge in [-0.25, -0.2) is 8.42 Å². The molecule has 0 saturated carbocycles. The molecule has 1 aliphatic heterocycles. The van der Waals surface area contributed by atoms with Gasteiger partial charge in [0.25, 0.3) is 5.91 Å². The summed E-state index contributed by atoms with van der Waals surface area (Å²) < 4.78 is 64.3. The van der Waals surface area contributed by atoms with Crippen LogP contribution in [0, 0.1) is 0 Å². The smallest absolute Gasteiger partial charge is 0.322 e. The number of aryl methyl sites for hydroxylation is 1. The lowest BCUT2D eigenvalue weighted by molar-refractivity contribution is -0.137. The van der Waals surface area contributed by atoms with Crippen molar-refractivity contribution in [3.8, 4) is 0 Å². The fourth-order valence-electron chi connectivity index (χ4n) is 3.31. The zero-order chi connectivity index (χ0) is 21.2. The number of sulfonamides is 1. The summed E-state index contributed by atoms with van der Waals surface area (Å²) in [6.07, 6.45) is -2.59. The minimum Gasteiger partial charge on any atom is -0.322 e. The number of halogens is 3. The number of hydrogen-bond donors (Lipinski definition) is 1. The highest BCUT2D eigenvalue weighted by atomic mass is 32.2. The fourth-order valence-corrected chi connectivity index (χ4v) is 4.93. The van der Waals surface area contributed by atoms with Crippen LogP contribution in [0.15, 0.2) is 42.5 Å². The van der Waals surface area contributed by atoms with E-state index < -0.39 is 27.7 Å². The molecule has 0 radical (unpaired) electrons. The number of rotatable bonds is 5. The first kappa shape index (κ1) is 21.2. The van der Waals surface area contributed by atoms with E-state index in [2.05, 4.69) is 5.32 Å². The number of carbonyl (C=O) groups is 1. The average molecular weight is 426 g/mol. The van der Waals surface area contributed by atoms with Gasteiger partial charge in [0, 0.05) is 17.8 Å². The van der Waals surface area contributed by atoms with Crippen molar-refractivity contribution in [2.24, 2.45) is 0 Å². The lowest BCUT2D eigenvalue weighted by Gasteiger charge is -2.30. The molecular formula is C20H21F3N2O3S. The van der Waals surface area contributed by atoms with Gasteiger partial charge in [-0.15, -0.1) is 0 Å². The molecule has 0 unspecified atom stereocenters. The molecule has 1 aliphatic rings. The summed E-state index contributed by atoms with van der Waals surface area (Å²) in [6.45, 7) is 2.23. The van der Waals surface area contributed by atoms with Crippen molar-refractivity contribution >= 4 is 27.3 Å². The number of fused-ring (bicyclic) bond motifs is 1. The van der Waals surface area contributed by atoms with E-state index in [1.807, 2.05) is 6.92 Å². The van der Waals surface area contributed by atoms with E-state index in [9.17, 15) is 26.4 Å². The highest BCUT2D eigenvalue weighted by Crippen LogP contribution is 2.32. The number of carbonyl (C=O) groups excluding carboxylic acids is 1. The van der Waals surface area contributed by atoms with E-state index in [0.717, 1.165) is 29.8 Å². The van der Waals surface area contributed by atoms with Crippen molar-refractivity contribution in [2.45, 2.75) is 32.4 Å². The number of amides is 1. The maximum absolute atomic E-state index is 12.6. The van der Waals surface area contributed by atoms with Gasteiger partial charge in [-0.1, -0.05) is 6.92 Å². The van der Waals surface area contributed by atoms with Gasteiger partial charge in [-0.05, 0) is 67.3 Å². The van der Waals surface area contributed by atoms with E-state index in [1.165, 1.54) is 4.31 Å². The Morgan fingerprint density at radius 1 is 1.14 bits per heavy atom. The Bertz CT molecular complexity index is 1000. The molecule has 0 aromatic heterocycles. The van der Waals surface area contributed by atoms with Crippen LogP contribution in [-0.2, 0) is 22.6 Å². The first-order valence-electron chi connectivity index (χ1n) is 9.24. The van der Waals surface area contributed by atoms with Crippen molar-refractivity contribution < 1.29 is 26.4 Å². The van der Waals surface area contributed by atoms with Crippen LogP contribution in [0.3, 0.4) is 0 Å². The van der Waals surface area contributed by atoms with E-state index >= 15 is 0 Å². The Labute approximate surface area is 167 Å². The van der Waals surface area contributed by atoms with Crippen LogP contribution >= 0.6 is 0 Å². The minimum atomic E-state index is -4.46. The molecule has 0 fully saturated rings. The van der Waals surface area contributed by atoms with Crippen LogP contribution in [0.4, 0.5) is 24.5 Å².